The van der Waals surface area contributed by atoms with E-state index in [1.54, 1.807) is 0 Å². The third-order valence-electron chi connectivity index (χ3n) is 1.66. The number of thioether (sulfide) groups is 1. The summed E-state index contributed by atoms with van der Waals surface area (Å²) >= 11 is 1.23. The first kappa shape index (κ1) is 13.8. The summed E-state index contributed by atoms with van der Waals surface area (Å²) in [7, 11) is 0. The van der Waals surface area contributed by atoms with Crippen LogP contribution in [0.4, 0.5) is 13.2 Å². The van der Waals surface area contributed by atoms with Crippen LogP contribution in [-0.2, 0) is 4.79 Å². The highest BCUT2D eigenvalue weighted by Crippen LogP contribution is 2.23. The molecular formula is C9H15F3OS. The predicted octanol–water partition coefficient (Wildman–Crippen LogP) is 3.78. The van der Waals surface area contributed by atoms with Crippen LogP contribution in [0, 0.1) is 0 Å². The molecule has 0 fully saturated rings. The molecule has 0 aliphatic carbocycles. The second-order valence-corrected chi connectivity index (χ2v) is 4.39. The smallest absolute Gasteiger partial charge is 0.288 e. The molecule has 84 valence electrons. The maximum Gasteiger partial charge on any atom is 0.389 e. The molecule has 0 saturated heterocycles. The number of alkyl halides is 3. The molecule has 0 aromatic rings. The number of halogens is 3. The molecule has 0 N–H and O–H groups in total. The molecule has 0 rings (SSSR count). The number of hydrogen-bond acceptors (Lipinski definition) is 2. The maximum atomic E-state index is 11.7. The van der Waals surface area contributed by atoms with Crippen molar-refractivity contribution in [2.75, 3.05) is 5.75 Å². The fourth-order valence-corrected chi connectivity index (χ4v) is 1.63. The first-order chi connectivity index (χ1) is 6.42. The number of unbranched alkanes of at least 4 members (excludes halogenated alkanes) is 3. The van der Waals surface area contributed by atoms with Gasteiger partial charge in [-0.15, -0.1) is 0 Å². The fraction of sp³-hybridized carbons (Fsp3) is 0.889. The van der Waals surface area contributed by atoms with Gasteiger partial charge in [-0.05, 0) is 12.8 Å². The van der Waals surface area contributed by atoms with E-state index in [1.807, 2.05) is 0 Å². The SMILES string of the molecule is CC(=O)SCCCCCCC(F)(F)F. The molecule has 0 aliphatic rings. The zero-order chi connectivity index (χ0) is 11.0. The molecule has 0 bridgehead atoms. The van der Waals surface area contributed by atoms with Crippen molar-refractivity contribution in [3.05, 3.63) is 0 Å². The van der Waals surface area contributed by atoms with Crippen molar-refractivity contribution in [1.29, 1.82) is 0 Å². The highest BCUT2D eigenvalue weighted by molar-refractivity contribution is 8.13. The van der Waals surface area contributed by atoms with Crippen LogP contribution >= 0.6 is 11.8 Å². The average molecular weight is 228 g/mol. The standard InChI is InChI=1S/C9H15F3OS/c1-8(13)14-7-5-3-2-4-6-9(10,11)12/h2-7H2,1H3. The van der Waals surface area contributed by atoms with Gasteiger partial charge in [-0.2, -0.15) is 13.2 Å². The van der Waals surface area contributed by atoms with Gasteiger partial charge in [-0.1, -0.05) is 24.6 Å². The van der Waals surface area contributed by atoms with E-state index < -0.39 is 12.6 Å². The Hall–Kier alpha value is -0.190. The summed E-state index contributed by atoms with van der Waals surface area (Å²) in [6.45, 7) is 1.49. The summed E-state index contributed by atoms with van der Waals surface area (Å²) in [5.41, 5.74) is 0. The zero-order valence-corrected chi connectivity index (χ0v) is 9.01. The van der Waals surface area contributed by atoms with Crippen LogP contribution in [0.5, 0.6) is 0 Å². The Kier molecular flexibility index (Phi) is 7.05. The van der Waals surface area contributed by atoms with Gasteiger partial charge in [0.1, 0.15) is 0 Å². The number of carbonyl (C=O) groups excluding carboxylic acids is 1. The van der Waals surface area contributed by atoms with E-state index in [9.17, 15) is 18.0 Å². The molecule has 0 aliphatic heterocycles. The van der Waals surface area contributed by atoms with Crippen molar-refractivity contribution in [2.45, 2.75) is 45.2 Å². The van der Waals surface area contributed by atoms with Gasteiger partial charge in [-0.25, -0.2) is 0 Å². The summed E-state index contributed by atoms with van der Waals surface area (Å²) in [5.74, 6) is 0.724. The van der Waals surface area contributed by atoms with E-state index >= 15 is 0 Å². The third-order valence-corrected chi connectivity index (χ3v) is 2.56. The minimum atomic E-state index is -4.02. The molecule has 14 heavy (non-hydrogen) atoms. The molecule has 1 nitrogen and oxygen atoms in total. The van der Waals surface area contributed by atoms with Crippen molar-refractivity contribution in [3.8, 4) is 0 Å². The highest BCUT2D eigenvalue weighted by atomic mass is 32.2. The Morgan fingerprint density at radius 1 is 1.14 bits per heavy atom. The van der Waals surface area contributed by atoms with Crippen LogP contribution in [-0.4, -0.2) is 17.0 Å². The predicted molar refractivity (Wildman–Crippen MR) is 52.3 cm³/mol. The normalized spacial score (nSPS) is 11.7. The molecule has 0 atom stereocenters. The summed E-state index contributed by atoms with van der Waals surface area (Å²) in [6.07, 6.45) is -2.31. The fourth-order valence-electron chi connectivity index (χ4n) is 0.997. The van der Waals surface area contributed by atoms with Crippen molar-refractivity contribution in [1.82, 2.24) is 0 Å². The molecule has 0 amide bonds. The lowest BCUT2D eigenvalue weighted by molar-refractivity contribution is -0.135. The Morgan fingerprint density at radius 3 is 2.21 bits per heavy atom. The Labute approximate surface area is 86.4 Å². The van der Waals surface area contributed by atoms with Crippen LogP contribution in [0.25, 0.3) is 0 Å². The summed E-state index contributed by atoms with van der Waals surface area (Å²) in [6, 6.07) is 0. The van der Waals surface area contributed by atoms with E-state index in [2.05, 4.69) is 0 Å². The molecule has 0 spiro atoms. The van der Waals surface area contributed by atoms with Gasteiger partial charge < -0.3 is 0 Å². The lowest BCUT2D eigenvalue weighted by atomic mass is 10.1. The quantitative estimate of drug-likeness (QED) is 0.643. The zero-order valence-electron chi connectivity index (χ0n) is 8.19. The van der Waals surface area contributed by atoms with Gasteiger partial charge in [0, 0.05) is 19.1 Å². The van der Waals surface area contributed by atoms with E-state index in [0.29, 0.717) is 6.42 Å². The van der Waals surface area contributed by atoms with E-state index in [4.69, 9.17) is 0 Å². The van der Waals surface area contributed by atoms with Gasteiger partial charge >= 0.3 is 6.18 Å². The van der Waals surface area contributed by atoms with Crippen molar-refractivity contribution < 1.29 is 18.0 Å². The van der Waals surface area contributed by atoms with Crippen LogP contribution in [0.15, 0.2) is 0 Å². The average Bonchev–Trinajstić information content (AvgIpc) is 2.00. The molecule has 0 unspecified atom stereocenters. The second kappa shape index (κ2) is 7.15. The third kappa shape index (κ3) is 11.8. The minimum Gasteiger partial charge on any atom is -0.288 e. The van der Waals surface area contributed by atoms with E-state index in [-0.39, 0.29) is 11.5 Å². The monoisotopic (exact) mass is 228 g/mol. The topological polar surface area (TPSA) is 17.1 Å². The van der Waals surface area contributed by atoms with Crippen LogP contribution < -0.4 is 0 Å². The van der Waals surface area contributed by atoms with Crippen LogP contribution in [0.1, 0.15) is 39.0 Å². The largest absolute Gasteiger partial charge is 0.389 e. The van der Waals surface area contributed by atoms with Gasteiger partial charge in [0.25, 0.3) is 0 Å². The Balaban J connectivity index is 3.11. The molecular weight excluding hydrogens is 213 g/mol. The molecule has 5 heteroatoms. The van der Waals surface area contributed by atoms with Crippen LogP contribution in [0.2, 0.25) is 0 Å². The van der Waals surface area contributed by atoms with Gasteiger partial charge in [0.15, 0.2) is 5.12 Å². The lowest BCUT2D eigenvalue weighted by Crippen LogP contribution is -2.06. The van der Waals surface area contributed by atoms with Crippen molar-refractivity contribution in [3.63, 3.8) is 0 Å². The summed E-state index contributed by atoms with van der Waals surface area (Å²) < 4.78 is 35.1. The molecule has 0 heterocycles. The van der Waals surface area contributed by atoms with E-state index in [1.165, 1.54) is 18.7 Å². The van der Waals surface area contributed by atoms with Gasteiger partial charge in [0.05, 0.1) is 0 Å². The lowest BCUT2D eigenvalue weighted by Gasteiger charge is -2.04. The number of carbonyl (C=O) groups is 1. The summed E-state index contributed by atoms with van der Waals surface area (Å²) in [4.78, 5) is 10.5. The molecule has 0 aromatic carbocycles. The van der Waals surface area contributed by atoms with Gasteiger partial charge in [0.2, 0.25) is 0 Å². The Morgan fingerprint density at radius 2 is 1.71 bits per heavy atom. The van der Waals surface area contributed by atoms with E-state index in [0.717, 1.165) is 18.6 Å². The first-order valence-electron chi connectivity index (χ1n) is 4.62. The van der Waals surface area contributed by atoms with Crippen molar-refractivity contribution >= 4 is 16.9 Å². The second-order valence-electron chi connectivity index (χ2n) is 3.12. The van der Waals surface area contributed by atoms with Crippen molar-refractivity contribution in [2.24, 2.45) is 0 Å². The minimum absolute atomic E-state index is 0.0697. The molecule has 0 aromatic heterocycles. The number of rotatable bonds is 6. The Bertz CT molecular complexity index is 168. The first-order valence-corrected chi connectivity index (χ1v) is 5.60. The summed E-state index contributed by atoms with van der Waals surface area (Å²) in [5, 5.41) is 0.0697. The maximum absolute atomic E-state index is 11.7. The van der Waals surface area contributed by atoms with Crippen LogP contribution in [0.3, 0.4) is 0 Å². The molecule has 0 saturated carbocycles. The van der Waals surface area contributed by atoms with Gasteiger partial charge in [-0.3, -0.25) is 4.79 Å². The number of hydrogen-bond donors (Lipinski definition) is 0. The highest BCUT2D eigenvalue weighted by Gasteiger charge is 2.25. The molecule has 0 radical (unpaired) electrons.